The molecule has 1 unspecified atom stereocenters. The number of benzene rings is 1. The van der Waals surface area contributed by atoms with Gasteiger partial charge in [-0.05, 0) is 31.0 Å². The predicted octanol–water partition coefficient (Wildman–Crippen LogP) is 0.693. The highest BCUT2D eigenvalue weighted by Gasteiger charge is 2.25. The number of carbonyl (C=O) groups is 3. The van der Waals surface area contributed by atoms with Crippen LogP contribution in [0.5, 0.6) is 0 Å². The molecule has 7 nitrogen and oxygen atoms in total. The van der Waals surface area contributed by atoms with E-state index in [2.05, 4.69) is 10.6 Å². The van der Waals surface area contributed by atoms with Gasteiger partial charge in [-0.15, -0.1) is 0 Å². The zero-order valence-corrected chi connectivity index (χ0v) is 15.4. The van der Waals surface area contributed by atoms with Crippen molar-refractivity contribution in [3.05, 3.63) is 35.6 Å². The molecule has 0 aromatic heterocycles. The lowest BCUT2D eigenvalue weighted by Crippen LogP contribution is -2.49. The first-order valence-electron chi connectivity index (χ1n) is 7.92. The Morgan fingerprint density at radius 3 is 2.38 bits per heavy atom. The normalized spacial score (nSPS) is 14.0. The molecule has 3 N–H and O–H groups in total. The zero-order valence-electron chi connectivity index (χ0n) is 14.6. The molecule has 0 saturated heterocycles. The van der Waals surface area contributed by atoms with E-state index < -0.39 is 45.5 Å². The van der Waals surface area contributed by atoms with Crippen LogP contribution >= 0.6 is 0 Å². The van der Waals surface area contributed by atoms with Gasteiger partial charge in [0.15, 0.2) is 5.78 Å². The molecule has 0 fully saturated rings. The van der Waals surface area contributed by atoms with Crippen LogP contribution in [0.4, 0.5) is 4.39 Å². The number of halogens is 1. The summed E-state index contributed by atoms with van der Waals surface area (Å²) in [6.07, 6.45) is 1.96. The van der Waals surface area contributed by atoms with E-state index in [9.17, 15) is 23.0 Å². The van der Waals surface area contributed by atoms with Gasteiger partial charge in [-0.1, -0.05) is 12.1 Å². The third-order valence-electron chi connectivity index (χ3n) is 3.72. The fourth-order valence-electron chi connectivity index (χ4n) is 1.98. The average Bonchev–Trinajstić information content (AvgIpc) is 2.62. The first kappa shape index (κ1) is 21.6. The molecule has 0 bridgehead atoms. The minimum atomic E-state index is -1.40. The summed E-state index contributed by atoms with van der Waals surface area (Å²) in [6, 6.07) is 4.57. The zero-order chi connectivity index (χ0) is 19.7. The van der Waals surface area contributed by atoms with Crippen LogP contribution in [0.2, 0.25) is 0 Å². The molecule has 142 valence electrons. The Kier molecular flexibility index (Phi) is 8.77. The first-order chi connectivity index (χ1) is 12.2. The molecule has 26 heavy (non-hydrogen) atoms. The third-order valence-corrected chi connectivity index (χ3v) is 4.93. The van der Waals surface area contributed by atoms with Crippen molar-refractivity contribution in [1.82, 2.24) is 10.6 Å². The maximum absolute atomic E-state index is 12.9. The number of nitrogens with one attached hydrogen (secondary N) is 3. The van der Waals surface area contributed by atoms with E-state index in [1.165, 1.54) is 37.4 Å². The highest BCUT2D eigenvalue weighted by Crippen LogP contribution is 2.05. The van der Waals surface area contributed by atoms with Gasteiger partial charge in [-0.25, -0.2) is 4.39 Å². The summed E-state index contributed by atoms with van der Waals surface area (Å²) in [5, 5.41) is 11.2. The number of hydrogen-bond donors (Lipinski definition) is 3. The highest BCUT2D eigenvalue weighted by molar-refractivity contribution is 7.85. The van der Waals surface area contributed by atoms with E-state index in [1.54, 1.807) is 0 Å². The van der Waals surface area contributed by atoms with Crippen molar-refractivity contribution in [3.63, 3.8) is 0 Å². The number of amides is 2. The van der Waals surface area contributed by atoms with Gasteiger partial charge in [-0.2, -0.15) is 0 Å². The quantitative estimate of drug-likeness (QED) is 0.516. The van der Waals surface area contributed by atoms with Crippen molar-refractivity contribution < 1.29 is 23.0 Å². The molecule has 1 rings (SSSR count). The Morgan fingerprint density at radius 1 is 1.23 bits per heavy atom. The summed E-state index contributed by atoms with van der Waals surface area (Å²) in [4.78, 5) is 35.7. The van der Waals surface area contributed by atoms with Crippen LogP contribution in [-0.4, -0.2) is 45.6 Å². The van der Waals surface area contributed by atoms with E-state index in [-0.39, 0.29) is 19.4 Å². The van der Waals surface area contributed by atoms with E-state index >= 15 is 0 Å². The van der Waals surface area contributed by atoms with Crippen LogP contribution in [-0.2, 0) is 31.7 Å². The predicted molar refractivity (Wildman–Crippen MR) is 96.7 cm³/mol. The standard InChI is InChI=1S/C17H22FN3O4S/c1-11(26(2)25)16(23)21-15(8-7-14(22)9-19)17(24)20-10-12-3-5-13(18)6-4-12/h3-6,9,11,15,19H,7-8,10H2,1-2H3,(H,20,24)(H,21,23)/t11-,15-,26?/m0/s1. The SMILES string of the molecule is C[C@@H](C(=O)N[C@@H](CCC(=O)C=N)C(=O)NCc1ccc(F)cc1)S(C)=O. The van der Waals surface area contributed by atoms with Gasteiger partial charge in [0.05, 0.1) is 6.21 Å². The van der Waals surface area contributed by atoms with Crippen molar-refractivity contribution in [2.75, 3.05) is 6.26 Å². The summed E-state index contributed by atoms with van der Waals surface area (Å²) in [7, 11) is -1.40. The molecular formula is C17H22FN3O4S. The molecular weight excluding hydrogens is 361 g/mol. The van der Waals surface area contributed by atoms with E-state index in [1.807, 2.05) is 0 Å². The topological polar surface area (TPSA) is 116 Å². The van der Waals surface area contributed by atoms with Crippen LogP contribution in [0.15, 0.2) is 24.3 Å². The molecule has 0 aliphatic carbocycles. The third kappa shape index (κ3) is 7.22. The summed E-state index contributed by atoms with van der Waals surface area (Å²) in [5.74, 6) is -1.94. The second-order valence-electron chi connectivity index (χ2n) is 5.70. The van der Waals surface area contributed by atoms with Crippen LogP contribution in [0.1, 0.15) is 25.3 Å². The molecule has 2 amide bonds. The minimum Gasteiger partial charge on any atom is -0.350 e. The van der Waals surface area contributed by atoms with Gasteiger partial charge in [0.1, 0.15) is 17.1 Å². The number of carbonyl (C=O) groups excluding carboxylic acids is 3. The lowest BCUT2D eigenvalue weighted by atomic mass is 10.1. The van der Waals surface area contributed by atoms with E-state index in [0.717, 1.165) is 0 Å². The highest BCUT2D eigenvalue weighted by atomic mass is 32.2. The molecule has 3 atom stereocenters. The smallest absolute Gasteiger partial charge is 0.242 e. The number of rotatable bonds is 10. The molecule has 0 saturated carbocycles. The van der Waals surface area contributed by atoms with Gasteiger partial charge >= 0.3 is 0 Å². The first-order valence-corrected chi connectivity index (χ1v) is 9.54. The molecule has 0 radical (unpaired) electrons. The van der Waals surface area contributed by atoms with Gasteiger partial charge in [0, 0.05) is 30.0 Å². The van der Waals surface area contributed by atoms with Gasteiger partial charge in [0.25, 0.3) is 0 Å². The fourth-order valence-corrected chi connectivity index (χ4v) is 2.35. The van der Waals surface area contributed by atoms with Crippen molar-refractivity contribution in [2.24, 2.45) is 0 Å². The Hall–Kier alpha value is -2.42. The largest absolute Gasteiger partial charge is 0.350 e. The molecule has 9 heteroatoms. The Balaban J connectivity index is 2.74. The van der Waals surface area contributed by atoms with Crippen LogP contribution in [0.3, 0.4) is 0 Å². The van der Waals surface area contributed by atoms with E-state index in [0.29, 0.717) is 11.8 Å². The fraction of sp³-hybridized carbons (Fsp3) is 0.412. The second-order valence-corrected chi connectivity index (χ2v) is 7.40. The molecule has 1 aromatic carbocycles. The molecule has 0 heterocycles. The number of hydrogen-bond acceptors (Lipinski definition) is 5. The summed E-state index contributed by atoms with van der Waals surface area (Å²) < 4.78 is 24.3. The van der Waals surface area contributed by atoms with Crippen LogP contribution < -0.4 is 10.6 Å². The molecule has 1 aromatic rings. The Bertz CT molecular complexity index is 694. The molecule has 0 spiro atoms. The van der Waals surface area contributed by atoms with E-state index in [4.69, 9.17) is 5.41 Å². The average molecular weight is 383 g/mol. The summed E-state index contributed by atoms with van der Waals surface area (Å²) in [6.45, 7) is 1.60. The Morgan fingerprint density at radius 2 is 1.85 bits per heavy atom. The van der Waals surface area contributed by atoms with Crippen molar-refractivity contribution >= 4 is 34.6 Å². The number of Topliss-reactive ketones (excluding diaryl/α,β-unsaturated/α-hetero) is 1. The maximum Gasteiger partial charge on any atom is 0.242 e. The van der Waals surface area contributed by atoms with Crippen molar-refractivity contribution in [2.45, 2.75) is 37.6 Å². The summed E-state index contributed by atoms with van der Waals surface area (Å²) >= 11 is 0. The van der Waals surface area contributed by atoms with Crippen molar-refractivity contribution in [1.29, 1.82) is 5.41 Å². The van der Waals surface area contributed by atoms with Crippen molar-refractivity contribution in [3.8, 4) is 0 Å². The van der Waals surface area contributed by atoms with Crippen LogP contribution in [0, 0.1) is 11.2 Å². The van der Waals surface area contributed by atoms with Gasteiger partial charge < -0.3 is 16.0 Å². The molecule has 0 aliphatic heterocycles. The Labute approximate surface area is 153 Å². The van der Waals surface area contributed by atoms with Gasteiger partial charge in [-0.3, -0.25) is 18.6 Å². The lowest BCUT2D eigenvalue weighted by Gasteiger charge is -2.20. The van der Waals surface area contributed by atoms with Crippen LogP contribution in [0.25, 0.3) is 0 Å². The second kappa shape index (κ2) is 10.5. The van der Waals surface area contributed by atoms with Gasteiger partial charge in [0.2, 0.25) is 11.8 Å². The summed E-state index contributed by atoms with van der Waals surface area (Å²) in [5.41, 5.74) is 0.670. The monoisotopic (exact) mass is 383 g/mol. The minimum absolute atomic E-state index is 0.0122. The molecule has 0 aliphatic rings. The lowest BCUT2D eigenvalue weighted by molar-refractivity contribution is -0.129. The maximum atomic E-state index is 12.9. The number of ketones is 1.